The maximum Gasteiger partial charge on any atom is 0.416 e. The first kappa shape index (κ1) is 26.7. The standard InChI is InChI=1S/C23H24F3N5O5S/c1-15-2-7-19(31(32)33)12-20(15)37(34,35)27-13-16-8-10-30(11-9-16)14-21-28-22(29-36-21)17-3-5-18(6-4-17)23(24,25)26/h2-7,12,16,27H,8-11,13-14H2,1H3. The molecule has 0 spiro atoms. The second kappa shape index (κ2) is 10.6. The molecule has 0 unspecified atom stereocenters. The Morgan fingerprint density at radius 2 is 1.84 bits per heavy atom. The Labute approximate surface area is 210 Å². The first-order valence-corrected chi connectivity index (χ1v) is 12.9. The van der Waals surface area contributed by atoms with Crippen LogP contribution < -0.4 is 4.72 Å². The van der Waals surface area contributed by atoms with Crippen molar-refractivity contribution in [3.05, 3.63) is 69.6 Å². The summed E-state index contributed by atoms with van der Waals surface area (Å²) >= 11 is 0. The molecule has 0 aliphatic carbocycles. The number of aryl methyl sites for hydroxylation is 1. The quantitative estimate of drug-likeness (QED) is 0.333. The van der Waals surface area contributed by atoms with E-state index in [1.54, 1.807) is 6.92 Å². The van der Waals surface area contributed by atoms with E-state index in [1.807, 2.05) is 0 Å². The topological polar surface area (TPSA) is 131 Å². The molecule has 37 heavy (non-hydrogen) atoms. The number of benzene rings is 2. The number of piperidine rings is 1. The van der Waals surface area contributed by atoms with Crippen LogP contribution in [0.25, 0.3) is 11.4 Å². The van der Waals surface area contributed by atoms with E-state index >= 15 is 0 Å². The number of hydrogen-bond acceptors (Lipinski definition) is 8. The Morgan fingerprint density at radius 3 is 2.46 bits per heavy atom. The van der Waals surface area contributed by atoms with Crippen LogP contribution in [-0.2, 0) is 22.7 Å². The molecular formula is C23H24F3N5O5S. The molecule has 10 nitrogen and oxygen atoms in total. The fraction of sp³-hybridized carbons (Fsp3) is 0.391. The number of nitro benzene ring substituents is 1. The number of non-ortho nitro benzene ring substituents is 1. The van der Waals surface area contributed by atoms with Crippen molar-refractivity contribution in [1.82, 2.24) is 19.8 Å². The van der Waals surface area contributed by atoms with Crippen LogP contribution >= 0.6 is 0 Å². The fourth-order valence-electron chi connectivity index (χ4n) is 4.08. The maximum absolute atomic E-state index is 12.7. The number of sulfonamides is 1. The smallest absolute Gasteiger partial charge is 0.338 e. The van der Waals surface area contributed by atoms with Gasteiger partial charge < -0.3 is 4.52 Å². The van der Waals surface area contributed by atoms with Gasteiger partial charge in [-0.25, -0.2) is 13.1 Å². The summed E-state index contributed by atoms with van der Waals surface area (Å²) in [5.41, 5.74) is -0.219. The summed E-state index contributed by atoms with van der Waals surface area (Å²) in [4.78, 5) is 16.6. The van der Waals surface area contributed by atoms with Crippen molar-refractivity contribution in [2.24, 2.45) is 5.92 Å². The molecule has 1 aliphatic heterocycles. The van der Waals surface area contributed by atoms with Crippen molar-refractivity contribution in [3.8, 4) is 11.4 Å². The summed E-state index contributed by atoms with van der Waals surface area (Å²) in [6, 6.07) is 8.24. The van der Waals surface area contributed by atoms with E-state index in [0.29, 0.717) is 49.5 Å². The molecular weight excluding hydrogens is 515 g/mol. The highest BCUT2D eigenvalue weighted by atomic mass is 32.2. The van der Waals surface area contributed by atoms with Gasteiger partial charge >= 0.3 is 6.18 Å². The molecule has 14 heteroatoms. The van der Waals surface area contributed by atoms with Crippen LogP contribution in [-0.4, -0.2) is 48.0 Å². The molecule has 1 fully saturated rings. The average molecular weight is 540 g/mol. The van der Waals surface area contributed by atoms with Gasteiger partial charge in [-0.2, -0.15) is 18.2 Å². The van der Waals surface area contributed by atoms with Gasteiger partial charge in [0.05, 0.1) is 21.9 Å². The van der Waals surface area contributed by atoms with Gasteiger partial charge in [0.1, 0.15) is 0 Å². The highest BCUT2D eigenvalue weighted by Gasteiger charge is 2.30. The molecule has 0 amide bonds. The van der Waals surface area contributed by atoms with Crippen molar-refractivity contribution in [2.75, 3.05) is 19.6 Å². The van der Waals surface area contributed by atoms with E-state index in [1.165, 1.54) is 24.3 Å². The summed E-state index contributed by atoms with van der Waals surface area (Å²) in [7, 11) is -3.91. The number of likely N-dealkylation sites (tertiary alicyclic amines) is 1. The van der Waals surface area contributed by atoms with E-state index in [0.717, 1.165) is 18.2 Å². The fourth-order valence-corrected chi connectivity index (χ4v) is 5.46. The monoisotopic (exact) mass is 539 g/mol. The zero-order chi connectivity index (χ0) is 26.8. The normalized spacial score (nSPS) is 15.7. The van der Waals surface area contributed by atoms with Gasteiger partial charge in [-0.15, -0.1) is 0 Å². The molecule has 0 atom stereocenters. The van der Waals surface area contributed by atoms with Gasteiger partial charge in [0.25, 0.3) is 5.69 Å². The molecule has 2 heterocycles. The van der Waals surface area contributed by atoms with Crippen LogP contribution in [0.15, 0.2) is 51.9 Å². The molecule has 0 radical (unpaired) electrons. The largest absolute Gasteiger partial charge is 0.416 e. The highest BCUT2D eigenvalue weighted by molar-refractivity contribution is 7.89. The zero-order valence-corrected chi connectivity index (χ0v) is 20.6. The number of hydrogen-bond donors (Lipinski definition) is 1. The van der Waals surface area contributed by atoms with E-state index < -0.39 is 26.7 Å². The van der Waals surface area contributed by atoms with Crippen LogP contribution in [0.1, 0.15) is 29.9 Å². The van der Waals surface area contributed by atoms with Crippen LogP contribution in [0.2, 0.25) is 0 Å². The maximum atomic E-state index is 12.7. The Bertz CT molecular complexity index is 1370. The number of nitro groups is 1. The molecule has 3 aromatic rings. The van der Waals surface area contributed by atoms with Crippen molar-refractivity contribution >= 4 is 15.7 Å². The van der Waals surface area contributed by atoms with E-state index in [4.69, 9.17) is 4.52 Å². The lowest BCUT2D eigenvalue weighted by atomic mass is 9.97. The molecule has 198 valence electrons. The first-order chi connectivity index (χ1) is 17.4. The van der Waals surface area contributed by atoms with E-state index in [9.17, 15) is 31.7 Å². The van der Waals surface area contributed by atoms with Crippen molar-refractivity contribution < 1.29 is 31.0 Å². The summed E-state index contributed by atoms with van der Waals surface area (Å²) in [6.07, 6.45) is -3.01. The second-order valence-corrected chi connectivity index (χ2v) is 10.6. The molecule has 1 saturated heterocycles. The van der Waals surface area contributed by atoms with Gasteiger partial charge in [-0.1, -0.05) is 23.4 Å². The van der Waals surface area contributed by atoms with Gasteiger partial charge in [-0.05, 0) is 56.5 Å². The van der Waals surface area contributed by atoms with Crippen LogP contribution in [0.4, 0.5) is 18.9 Å². The van der Waals surface area contributed by atoms with Gasteiger partial charge in [0, 0.05) is 24.2 Å². The number of alkyl halides is 3. The number of aromatic nitrogens is 2. The van der Waals surface area contributed by atoms with Gasteiger partial charge in [0.15, 0.2) is 0 Å². The lowest BCUT2D eigenvalue weighted by molar-refractivity contribution is -0.385. The number of rotatable bonds is 8. The molecule has 1 N–H and O–H groups in total. The Kier molecular flexibility index (Phi) is 7.62. The van der Waals surface area contributed by atoms with E-state index in [2.05, 4.69) is 19.8 Å². The van der Waals surface area contributed by atoms with Crippen LogP contribution in [0.3, 0.4) is 0 Å². The third kappa shape index (κ3) is 6.50. The second-order valence-electron chi connectivity index (χ2n) is 8.87. The summed E-state index contributed by atoms with van der Waals surface area (Å²) in [5.74, 6) is 0.607. The van der Waals surface area contributed by atoms with Crippen LogP contribution in [0.5, 0.6) is 0 Å². The predicted molar refractivity (Wildman–Crippen MR) is 126 cm³/mol. The molecule has 2 aromatic carbocycles. The number of nitrogens with one attached hydrogen (secondary N) is 1. The molecule has 0 saturated carbocycles. The highest BCUT2D eigenvalue weighted by Crippen LogP contribution is 2.30. The van der Waals surface area contributed by atoms with Crippen molar-refractivity contribution in [3.63, 3.8) is 0 Å². The molecule has 0 bridgehead atoms. The minimum Gasteiger partial charge on any atom is -0.338 e. The Morgan fingerprint density at radius 1 is 1.16 bits per heavy atom. The zero-order valence-electron chi connectivity index (χ0n) is 19.7. The third-order valence-corrected chi connectivity index (χ3v) is 7.80. The molecule has 4 rings (SSSR count). The van der Waals surface area contributed by atoms with Gasteiger partial charge in [-0.3, -0.25) is 15.0 Å². The van der Waals surface area contributed by atoms with Gasteiger partial charge in [0.2, 0.25) is 21.7 Å². The minimum absolute atomic E-state index is 0.0791. The SMILES string of the molecule is Cc1ccc([N+](=O)[O-])cc1S(=O)(=O)NCC1CCN(Cc2nc(-c3ccc(C(F)(F)F)cc3)no2)CC1. The first-order valence-electron chi connectivity index (χ1n) is 11.4. The van der Waals surface area contributed by atoms with E-state index in [-0.39, 0.29) is 28.9 Å². The Balaban J connectivity index is 1.29. The third-order valence-electron chi connectivity index (χ3n) is 6.24. The predicted octanol–water partition coefficient (Wildman–Crippen LogP) is 4.16. The van der Waals surface area contributed by atoms with Crippen molar-refractivity contribution in [1.29, 1.82) is 0 Å². The van der Waals surface area contributed by atoms with Crippen LogP contribution in [0, 0.1) is 23.0 Å². The average Bonchev–Trinajstić information content (AvgIpc) is 3.31. The lowest BCUT2D eigenvalue weighted by Crippen LogP contribution is -2.38. The lowest BCUT2D eigenvalue weighted by Gasteiger charge is -2.30. The number of halogens is 3. The number of nitrogens with zero attached hydrogens (tertiary/aromatic N) is 4. The summed E-state index contributed by atoms with van der Waals surface area (Å²) in [5, 5.41) is 14.9. The molecule has 1 aromatic heterocycles. The van der Waals surface area contributed by atoms with Crippen molar-refractivity contribution in [2.45, 2.75) is 37.4 Å². The summed E-state index contributed by atoms with van der Waals surface area (Å²) in [6.45, 7) is 3.45. The minimum atomic E-state index is -4.42. The summed E-state index contributed by atoms with van der Waals surface area (Å²) < 4.78 is 71.5. The Hall–Kier alpha value is -3.36. The molecule has 1 aliphatic rings.